The summed E-state index contributed by atoms with van der Waals surface area (Å²) in [6.45, 7) is 0. The molecule has 0 amide bonds. The molecule has 0 atom stereocenters. The summed E-state index contributed by atoms with van der Waals surface area (Å²) in [6, 6.07) is 24.7. The molecule has 0 aliphatic heterocycles. The molecule has 0 bridgehead atoms. The van der Waals surface area contributed by atoms with Crippen molar-refractivity contribution in [1.29, 1.82) is 0 Å². The van der Waals surface area contributed by atoms with Crippen LogP contribution in [0, 0.1) is 0 Å². The average molecular weight is 475 g/mol. The third-order valence-corrected chi connectivity index (χ3v) is 5.06. The lowest BCUT2D eigenvalue weighted by Gasteiger charge is -2.09. The second-order valence-corrected chi connectivity index (χ2v) is 7.52. The minimum Gasteiger partial charge on any atom is -0.504 e. The van der Waals surface area contributed by atoms with Crippen LogP contribution in [0.3, 0.4) is 0 Å². The van der Waals surface area contributed by atoms with Crippen LogP contribution in [0.5, 0.6) is 11.5 Å². The summed E-state index contributed by atoms with van der Waals surface area (Å²) in [5.74, 6) is 1.52. The number of aromatic hydroxyl groups is 1. The number of hydrogen-bond acceptors (Lipinski definition) is 6. The van der Waals surface area contributed by atoms with Crippen molar-refractivity contribution < 1.29 is 9.84 Å². The van der Waals surface area contributed by atoms with Gasteiger partial charge in [-0.2, -0.15) is 5.10 Å². The topological polar surface area (TPSA) is 79.6 Å². The van der Waals surface area contributed by atoms with Crippen molar-refractivity contribution in [2.45, 2.75) is 0 Å². The fourth-order valence-corrected chi connectivity index (χ4v) is 3.23. The molecule has 4 aromatic rings. The van der Waals surface area contributed by atoms with Crippen molar-refractivity contribution in [3.63, 3.8) is 0 Å². The SMILES string of the molecule is COc1cccc(C=NNc2cc(-c3ccccc3)nc(-c3ccc(Br)cc3)n2)c1O. The van der Waals surface area contributed by atoms with Crippen LogP contribution in [0.4, 0.5) is 5.82 Å². The van der Waals surface area contributed by atoms with Gasteiger partial charge in [-0.1, -0.05) is 64.5 Å². The molecule has 1 aromatic heterocycles. The van der Waals surface area contributed by atoms with Gasteiger partial charge in [0.2, 0.25) is 0 Å². The van der Waals surface area contributed by atoms with Gasteiger partial charge < -0.3 is 9.84 Å². The number of aromatic nitrogens is 2. The maximum atomic E-state index is 10.2. The Hall–Kier alpha value is -3.71. The first-order valence-corrected chi connectivity index (χ1v) is 10.3. The molecule has 0 saturated heterocycles. The van der Waals surface area contributed by atoms with Crippen molar-refractivity contribution in [1.82, 2.24) is 9.97 Å². The molecule has 3 aromatic carbocycles. The zero-order valence-corrected chi connectivity index (χ0v) is 18.2. The molecule has 154 valence electrons. The Labute approximate surface area is 188 Å². The largest absolute Gasteiger partial charge is 0.504 e. The van der Waals surface area contributed by atoms with Gasteiger partial charge in [-0.25, -0.2) is 9.97 Å². The number of nitrogens with zero attached hydrogens (tertiary/aromatic N) is 3. The number of methoxy groups -OCH3 is 1. The molecule has 0 aliphatic rings. The second kappa shape index (κ2) is 9.40. The van der Waals surface area contributed by atoms with Crippen molar-refractivity contribution in [2.75, 3.05) is 12.5 Å². The Morgan fingerprint density at radius 1 is 0.935 bits per heavy atom. The predicted octanol–water partition coefficient (Wildman–Crippen LogP) is 5.73. The molecule has 1 heterocycles. The molecule has 0 spiro atoms. The average Bonchev–Trinajstić information content (AvgIpc) is 2.81. The Morgan fingerprint density at radius 2 is 1.71 bits per heavy atom. The summed E-state index contributed by atoms with van der Waals surface area (Å²) in [5.41, 5.74) is 6.11. The van der Waals surface area contributed by atoms with Gasteiger partial charge in [-0.3, -0.25) is 5.43 Å². The highest BCUT2D eigenvalue weighted by atomic mass is 79.9. The van der Waals surface area contributed by atoms with Crippen molar-refractivity contribution >= 4 is 28.0 Å². The van der Waals surface area contributed by atoms with Crippen LogP contribution in [0.25, 0.3) is 22.6 Å². The molecular formula is C24H19BrN4O2. The van der Waals surface area contributed by atoms with Crippen LogP contribution in [-0.2, 0) is 0 Å². The van der Waals surface area contributed by atoms with Crippen molar-refractivity contribution in [3.05, 3.63) is 88.9 Å². The maximum absolute atomic E-state index is 10.2. The summed E-state index contributed by atoms with van der Waals surface area (Å²) in [7, 11) is 1.50. The molecule has 4 rings (SSSR count). The van der Waals surface area contributed by atoms with E-state index in [1.165, 1.54) is 13.3 Å². The van der Waals surface area contributed by atoms with E-state index < -0.39 is 0 Å². The van der Waals surface area contributed by atoms with Gasteiger partial charge in [0.15, 0.2) is 23.1 Å². The van der Waals surface area contributed by atoms with Crippen molar-refractivity contribution in [3.8, 4) is 34.1 Å². The number of hydrogen-bond donors (Lipinski definition) is 2. The minimum atomic E-state index is 0.0266. The molecule has 7 heteroatoms. The highest BCUT2D eigenvalue weighted by Gasteiger charge is 2.09. The van der Waals surface area contributed by atoms with Gasteiger partial charge in [-0.15, -0.1) is 0 Å². The van der Waals surface area contributed by atoms with Crippen LogP contribution >= 0.6 is 15.9 Å². The Bertz CT molecular complexity index is 1210. The van der Waals surface area contributed by atoms with Gasteiger partial charge in [0.25, 0.3) is 0 Å². The van der Waals surface area contributed by atoms with Gasteiger partial charge in [-0.05, 0) is 24.3 Å². The minimum absolute atomic E-state index is 0.0266. The highest BCUT2D eigenvalue weighted by Crippen LogP contribution is 2.28. The summed E-state index contributed by atoms with van der Waals surface area (Å²) in [6.07, 6.45) is 1.52. The summed E-state index contributed by atoms with van der Waals surface area (Å²) in [5, 5.41) is 14.5. The fraction of sp³-hybridized carbons (Fsp3) is 0.0417. The summed E-state index contributed by atoms with van der Waals surface area (Å²) in [4.78, 5) is 9.34. The van der Waals surface area contributed by atoms with Gasteiger partial charge in [0.1, 0.15) is 0 Å². The van der Waals surface area contributed by atoms with E-state index in [1.807, 2.05) is 60.7 Å². The normalized spacial score (nSPS) is 10.9. The van der Waals surface area contributed by atoms with E-state index in [0.29, 0.717) is 23.0 Å². The second-order valence-electron chi connectivity index (χ2n) is 6.60. The molecule has 2 N–H and O–H groups in total. The Morgan fingerprint density at radius 3 is 2.45 bits per heavy atom. The monoisotopic (exact) mass is 474 g/mol. The van der Waals surface area contributed by atoms with Gasteiger partial charge >= 0.3 is 0 Å². The van der Waals surface area contributed by atoms with Gasteiger partial charge in [0.05, 0.1) is 19.0 Å². The molecule has 6 nitrogen and oxygen atoms in total. The Balaban J connectivity index is 1.68. The quantitative estimate of drug-likeness (QED) is 0.275. The number of rotatable bonds is 6. The van der Waals surface area contributed by atoms with E-state index >= 15 is 0 Å². The number of halogens is 1. The number of benzene rings is 3. The van der Waals surface area contributed by atoms with E-state index in [-0.39, 0.29) is 5.75 Å². The lowest BCUT2D eigenvalue weighted by atomic mass is 10.1. The molecule has 0 aliphatic carbocycles. The van der Waals surface area contributed by atoms with E-state index in [1.54, 1.807) is 18.2 Å². The predicted molar refractivity (Wildman–Crippen MR) is 126 cm³/mol. The van der Waals surface area contributed by atoms with Gasteiger partial charge in [0, 0.05) is 27.2 Å². The number of anilines is 1. The first kappa shape index (κ1) is 20.6. The molecule has 0 saturated carbocycles. The van der Waals surface area contributed by atoms with E-state index in [0.717, 1.165) is 21.3 Å². The number of para-hydroxylation sites is 1. The number of phenolic OH excluding ortho intramolecular Hbond substituents is 1. The number of nitrogens with one attached hydrogen (secondary N) is 1. The molecule has 31 heavy (non-hydrogen) atoms. The van der Waals surface area contributed by atoms with Crippen LogP contribution in [0.2, 0.25) is 0 Å². The number of phenols is 1. The fourth-order valence-electron chi connectivity index (χ4n) is 2.97. The summed E-state index contributed by atoms with van der Waals surface area (Å²) >= 11 is 3.45. The number of ether oxygens (including phenoxy) is 1. The summed E-state index contributed by atoms with van der Waals surface area (Å²) < 4.78 is 6.11. The van der Waals surface area contributed by atoms with Crippen LogP contribution < -0.4 is 10.2 Å². The third-order valence-electron chi connectivity index (χ3n) is 4.53. The molecular weight excluding hydrogens is 456 g/mol. The van der Waals surface area contributed by atoms with Crippen LogP contribution in [0.1, 0.15) is 5.56 Å². The smallest absolute Gasteiger partial charge is 0.166 e. The first-order chi connectivity index (χ1) is 15.1. The standard InChI is InChI=1S/C24H19BrN4O2/c1-31-21-9-5-8-18(23(21)30)15-26-29-22-14-20(16-6-3-2-4-7-16)27-24(28-22)17-10-12-19(25)13-11-17/h2-15,30H,1H3,(H,27,28,29). The highest BCUT2D eigenvalue weighted by molar-refractivity contribution is 9.10. The Kier molecular flexibility index (Phi) is 6.24. The molecule has 0 unspecified atom stereocenters. The first-order valence-electron chi connectivity index (χ1n) is 9.49. The van der Waals surface area contributed by atoms with E-state index in [4.69, 9.17) is 9.72 Å². The van der Waals surface area contributed by atoms with E-state index in [2.05, 4.69) is 31.4 Å². The molecule has 0 radical (unpaired) electrons. The zero-order valence-electron chi connectivity index (χ0n) is 16.7. The van der Waals surface area contributed by atoms with Crippen LogP contribution in [0.15, 0.2) is 88.4 Å². The van der Waals surface area contributed by atoms with Crippen molar-refractivity contribution in [2.24, 2.45) is 5.10 Å². The lowest BCUT2D eigenvalue weighted by Crippen LogP contribution is -1.99. The zero-order chi connectivity index (χ0) is 21.6. The maximum Gasteiger partial charge on any atom is 0.166 e. The lowest BCUT2D eigenvalue weighted by molar-refractivity contribution is 0.373. The molecule has 0 fully saturated rings. The van der Waals surface area contributed by atoms with E-state index in [9.17, 15) is 5.11 Å². The third kappa shape index (κ3) is 4.90. The number of hydrazone groups is 1. The van der Waals surface area contributed by atoms with Crippen LogP contribution in [-0.4, -0.2) is 28.4 Å².